The van der Waals surface area contributed by atoms with E-state index in [1.54, 1.807) is 0 Å². The smallest absolute Gasteiger partial charge is 0.451 e. The number of hydrogen-bond acceptors (Lipinski definition) is 6. The van der Waals surface area contributed by atoms with Crippen LogP contribution in [0.4, 0.5) is 19.0 Å². The molecule has 0 fully saturated rings. The second-order valence-electron chi connectivity index (χ2n) is 3.25. The molecule has 18 heavy (non-hydrogen) atoms. The fourth-order valence-corrected chi connectivity index (χ4v) is 1.08. The number of hydrazine groups is 1. The average Bonchev–Trinajstić information content (AvgIpc) is 2.33. The third-order valence-corrected chi connectivity index (χ3v) is 1.85. The van der Waals surface area contributed by atoms with Crippen LogP contribution in [0.2, 0.25) is 0 Å². The zero-order chi connectivity index (χ0) is 13.6. The van der Waals surface area contributed by atoms with Gasteiger partial charge in [0.2, 0.25) is 11.7 Å². The van der Waals surface area contributed by atoms with Gasteiger partial charge in [-0.2, -0.15) is 18.2 Å². The van der Waals surface area contributed by atoms with E-state index >= 15 is 0 Å². The molecule has 3 N–H and O–H groups in total. The Morgan fingerprint density at radius 3 is 2.61 bits per heavy atom. The van der Waals surface area contributed by atoms with Gasteiger partial charge in [-0.05, 0) is 0 Å². The van der Waals surface area contributed by atoms with Crippen LogP contribution in [-0.2, 0) is 10.9 Å². The molecule has 0 spiro atoms. The second-order valence-corrected chi connectivity index (χ2v) is 3.25. The maximum Gasteiger partial charge on any atom is 0.451 e. The van der Waals surface area contributed by atoms with Gasteiger partial charge in [-0.3, -0.25) is 0 Å². The Morgan fingerprint density at radius 1 is 1.33 bits per heavy atom. The molecule has 0 unspecified atom stereocenters. The lowest BCUT2D eigenvalue weighted by Crippen LogP contribution is -2.16. The molecule has 1 aromatic heterocycles. The number of anilines is 1. The number of aromatic nitrogens is 2. The Labute approximate surface area is 101 Å². The van der Waals surface area contributed by atoms with Gasteiger partial charge >= 0.3 is 6.18 Å². The molecule has 0 aromatic carbocycles. The van der Waals surface area contributed by atoms with Crippen molar-refractivity contribution < 1.29 is 22.6 Å². The summed E-state index contributed by atoms with van der Waals surface area (Å²) in [6.07, 6.45) is -4.12. The van der Waals surface area contributed by atoms with Crippen LogP contribution in [0.3, 0.4) is 0 Å². The van der Waals surface area contributed by atoms with E-state index in [0.717, 1.165) is 0 Å². The molecule has 0 aliphatic heterocycles. The number of hydrogen-bond donors (Lipinski definition) is 2. The van der Waals surface area contributed by atoms with Gasteiger partial charge in [-0.25, -0.2) is 10.8 Å². The van der Waals surface area contributed by atoms with E-state index in [-0.39, 0.29) is 18.3 Å². The topological polar surface area (TPSA) is 82.3 Å². The van der Waals surface area contributed by atoms with Gasteiger partial charge in [-0.1, -0.05) is 0 Å². The number of nitrogens with one attached hydrogen (secondary N) is 1. The van der Waals surface area contributed by atoms with E-state index in [2.05, 4.69) is 9.97 Å². The highest BCUT2D eigenvalue weighted by Gasteiger charge is 2.35. The largest absolute Gasteiger partial charge is 0.477 e. The molecule has 0 atom stereocenters. The number of methoxy groups -OCH3 is 1. The highest BCUT2D eigenvalue weighted by molar-refractivity contribution is 5.37. The Balaban J connectivity index is 2.78. The summed E-state index contributed by atoms with van der Waals surface area (Å²) < 4.78 is 47.2. The lowest BCUT2D eigenvalue weighted by atomic mass is 10.4. The van der Waals surface area contributed by atoms with Crippen molar-refractivity contribution in [3.63, 3.8) is 0 Å². The van der Waals surface area contributed by atoms with E-state index in [1.807, 2.05) is 5.43 Å². The van der Waals surface area contributed by atoms with E-state index < -0.39 is 12.0 Å². The molecule has 0 amide bonds. The van der Waals surface area contributed by atoms with Gasteiger partial charge in [0.05, 0.1) is 6.61 Å². The Kier molecular flexibility index (Phi) is 5.10. The number of nitrogen functional groups attached to an aromatic ring is 1. The van der Waals surface area contributed by atoms with Crippen molar-refractivity contribution in [2.24, 2.45) is 5.84 Å². The molecule has 102 valence electrons. The molecule has 0 bridgehead atoms. The Morgan fingerprint density at radius 2 is 2.06 bits per heavy atom. The normalized spacial score (nSPS) is 11.4. The molecular weight excluding hydrogens is 253 g/mol. The van der Waals surface area contributed by atoms with Gasteiger partial charge < -0.3 is 14.9 Å². The second kappa shape index (κ2) is 6.36. The average molecular weight is 266 g/mol. The zero-order valence-electron chi connectivity index (χ0n) is 9.62. The van der Waals surface area contributed by atoms with Crippen molar-refractivity contribution in [1.29, 1.82) is 0 Å². The van der Waals surface area contributed by atoms with Crippen molar-refractivity contribution in [3.05, 3.63) is 11.9 Å². The molecule has 1 aromatic rings. The van der Waals surface area contributed by atoms with Gasteiger partial charge in [0.1, 0.15) is 5.82 Å². The molecule has 9 heteroatoms. The predicted molar refractivity (Wildman–Crippen MR) is 56.8 cm³/mol. The van der Waals surface area contributed by atoms with Gasteiger partial charge in [0, 0.05) is 26.2 Å². The quantitative estimate of drug-likeness (QED) is 0.457. The van der Waals surface area contributed by atoms with Crippen LogP contribution in [0.1, 0.15) is 12.2 Å². The lowest BCUT2D eigenvalue weighted by Gasteiger charge is -2.10. The van der Waals surface area contributed by atoms with Crippen molar-refractivity contribution in [1.82, 2.24) is 9.97 Å². The van der Waals surface area contributed by atoms with E-state index in [1.165, 1.54) is 13.2 Å². The van der Waals surface area contributed by atoms with E-state index in [0.29, 0.717) is 13.0 Å². The van der Waals surface area contributed by atoms with Gasteiger partial charge in [0.15, 0.2) is 0 Å². The monoisotopic (exact) mass is 266 g/mol. The minimum Gasteiger partial charge on any atom is -0.477 e. The molecule has 6 nitrogen and oxygen atoms in total. The molecule has 0 aliphatic carbocycles. The third-order valence-electron chi connectivity index (χ3n) is 1.85. The van der Waals surface area contributed by atoms with Crippen molar-refractivity contribution in [2.75, 3.05) is 25.7 Å². The van der Waals surface area contributed by atoms with Crippen molar-refractivity contribution in [3.8, 4) is 5.88 Å². The van der Waals surface area contributed by atoms with E-state index in [9.17, 15) is 13.2 Å². The number of ether oxygens (including phenoxy) is 2. The maximum atomic E-state index is 12.5. The number of nitrogens with zero attached hydrogens (tertiary/aromatic N) is 2. The molecule has 1 heterocycles. The summed E-state index contributed by atoms with van der Waals surface area (Å²) in [6, 6.07) is 1.18. The first-order chi connectivity index (χ1) is 8.47. The summed E-state index contributed by atoms with van der Waals surface area (Å²) in [6.45, 7) is 0.630. The standard InChI is InChI=1S/C9H13F3N4O2/c1-17-3-2-4-18-7-5-6(16-13)14-8(15-7)9(10,11)12/h5H,2-4,13H2,1H3,(H,14,15,16). The SMILES string of the molecule is COCCCOc1cc(NN)nc(C(F)(F)F)n1. The van der Waals surface area contributed by atoms with Gasteiger partial charge in [-0.15, -0.1) is 0 Å². The highest BCUT2D eigenvalue weighted by Crippen LogP contribution is 2.28. The fraction of sp³-hybridized carbons (Fsp3) is 0.556. The van der Waals surface area contributed by atoms with Crippen LogP contribution in [0, 0.1) is 0 Å². The van der Waals surface area contributed by atoms with Crippen LogP contribution in [0.25, 0.3) is 0 Å². The van der Waals surface area contributed by atoms with Crippen LogP contribution >= 0.6 is 0 Å². The number of alkyl halides is 3. The van der Waals surface area contributed by atoms with Crippen LogP contribution in [0.15, 0.2) is 6.07 Å². The first-order valence-electron chi connectivity index (χ1n) is 5.02. The van der Waals surface area contributed by atoms with E-state index in [4.69, 9.17) is 15.3 Å². The van der Waals surface area contributed by atoms with Crippen LogP contribution in [-0.4, -0.2) is 30.3 Å². The minimum absolute atomic E-state index is 0.168. The number of halogens is 3. The van der Waals surface area contributed by atoms with Gasteiger partial charge in [0.25, 0.3) is 0 Å². The highest BCUT2D eigenvalue weighted by atomic mass is 19.4. The van der Waals surface area contributed by atoms with Crippen molar-refractivity contribution >= 4 is 5.82 Å². The molecular formula is C9H13F3N4O2. The minimum atomic E-state index is -4.66. The van der Waals surface area contributed by atoms with Crippen LogP contribution < -0.4 is 16.0 Å². The molecule has 1 rings (SSSR count). The predicted octanol–water partition coefficient (Wildman–Crippen LogP) is 1.20. The summed E-state index contributed by atoms with van der Waals surface area (Å²) >= 11 is 0. The molecule has 0 saturated carbocycles. The first kappa shape index (κ1) is 14.5. The number of rotatable bonds is 6. The molecule has 0 aliphatic rings. The zero-order valence-corrected chi connectivity index (χ0v) is 9.62. The summed E-state index contributed by atoms with van der Waals surface area (Å²) in [5.74, 6) is 3.36. The Hall–Kier alpha value is -1.61. The molecule has 0 saturated heterocycles. The summed E-state index contributed by atoms with van der Waals surface area (Å²) in [5, 5.41) is 0. The molecule has 0 radical (unpaired) electrons. The number of nitrogens with two attached hydrogens (primary N) is 1. The lowest BCUT2D eigenvalue weighted by molar-refractivity contribution is -0.145. The fourth-order valence-electron chi connectivity index (χ4n) is 1.08. The third kappa shape index (κ3) is 4.34. The van der Waals surface area contributed by atoms with Crippen molar-refractivity contribution in [2.45, 2.75) is 12.6 Å². The summed E-state index contributed by atoms with van der Waals surface area (Å²) in [5.41, 5.74) is 2.03. The summed E-state index contributed by atoms with van der Waals surface area (Å²) in [7, 11) is 1.52. The first-order valence-corrected chi connectivity index (χ1v) is 5.02. The summed E-state index contributed by atoms with van der Waals surface area (Å²) in [4.78, 5) is 6.45. The van der Waals surface area contributed by atoms with Crippen LogP contribution in [0.5, 0.6) is 5.88 Å². The Bertz CT molecular complexity index is 387. The maximum absolute atomic E-state index is 12.5.